The van der Waals surface area contributed by atoms with E-state index >= 15 is 0 Å². The average Bonchev–Trinajstić information content (AvgIpc) is 2.68. The molecule has 2 rings (SSSR count). The van der Waals surface area contributed by atoms with Crippen LogP contribution in [0.25, 0.3) is 0 Å². The molecule has 1 aliphatic heterocycles. The second-order valence-electron chi connectivity index (χ2n) is 3.66. The van der Waals surface area contributed by atoms with Crippen LogP contribution >= 0.6 is 39.1 Å². The second kappa shape index (κ2) is 4.99. The number of hydrogen-bond acceptors (Lipinski definition) is 4. The lowest BCUT2D eigenvalue weighted by atomic mass is 10.1. The van der Waals surface area contributed by atoms with Crippen molar-refractivity contribution in [2.45, 2.75) is 6.42 Å². The summed E-state index contributed by atoms with van der Waals surface area (Å²) < 4.78 is 0.330. The highest BCUT2D eigenvalue weighted by atomic mass is 79.9. The van der Waals surface area contributed by atoms with Crippen molar-refractivity contribution in [3.05, 3.63) is 14.8 Å². The smallest absolute Gasteiger partial charge is 0.308 e. The van der Waals surface area contributed by atoms with E-state index in [0.29, 0.717) is 4.47 Å². The number of aromatic nitrogens is 2. The number of rotatable bonds is 2. The van der Waals surface area contributed by atoms with Crippen molar-refractivity contribution in [3.8, 4) is 0 Å². The van der Waals surface area contributed by atoms with E-state index in [1.807, 2.05) is 0 Å². The Balaban J connectivity index is 2.33. The number of anilines is 1. The van der Waals surface area contributed by atoms with Gasteiger partial charge in [-0.05, 0) is 15.9 Å². The molecule has 1 aromatic rings. The third-order valence-corrected chi connectivity index (χ3v) is 4.23. The van der Waals surface area contributed by atoms with E-state index in [9.17, 15) is 9.59 Å². The minimum atomic E-state index is -1.03. The highest BCUT2D eigenvalue weighted by Gasteiger charge is 2.36. The van der Waals surface area contributed by atoms with Gasteiger partial charge in [0.1, 0.15) is 10.3 Å². The van der Waals surface area contributed by atoms with Crippen LogP contribution in [0.4, 0.5) is 5.95 Å². The fourth-order valence-electron chi connectivity index (χ4n) is 1.57. The van der Waals surface area contributed by atoms with Gasteiger partial charge in [-0.3, -0.25) is 14.5 Å². The molecule has 96 valence electrons. The Kier molecular flexibility index (Phi) is 3.74. The van der Waals surface area contributed by atoms with Crippen molar-refractivity contribution < 1.29 is 14.7 Å². The largest absolute Gasteiger partial charge is 0.481 e. The molecule has 1 atom stereocenters. The minimum absolute atomic E-state index is 0.0157. The molecule has 6 nitrogen and oxygen atoms in total. The number of carbonyl (C=O) groups excluding carboxylic acids is 1. The lowest BCUT2D eigenvalue weighted by Crippen LogP contribution is -2.27. The first kappa shape index (κ1) is 13.5. The van der Waals surface area contributed by atoms with Crippen molar-refractivity contribution in [1.29, 1.82) is 0 Å². The van der Waals surface area contributed by atoms with Gasteiger partial charge in [0.2, 0.25) is 11.9 Å². The molecule has 9 heteroatoms. The van der Waals surface area contributed by atoms with E-state index in [1.54, 1.807) is 0 Å². The van der Waals surface area contributed by atoms with Gasteiger partial charge in [-0.2, -0.15) is 9.97 Å². The molecule has 0 aliphatic carbocycles. The van der Waals surface area contributed by atoms with Gasteiger partial charge in [0, 0.05) is 13.0 Å². The average molecular weight is 355 g/mol. The topological polar surface area (TPSA) is 83.4 Å². The van der Waals surface area contributed by atoms with Gasteiger partial charge in [0.15, 0.2) is 0 Å². The second-order valence-corrected chi connectivity index (χ2v) is 5.17. The van der Waals surface area contributed by atoms with Gasteiger partial charge in [-0.1, -0.05) is 23.2 Å². The molecule has 0 spiro atoms. The molecule has 1 saturated heterocycles. The number of nitrogens with zero attached hydrogens (tertiary/aromatic N) is 3. The third-order valence-electron chi connectivity index (χ3n) is 2.47. The number of carboxylic acid groups (broad SMARTS) is 1. The lowest BCUT2D eigenvalue weighted by molar-refractivity contribution is -0.141. The molecule has 0 bridgehead atoms. The number of carbonyl (C=O) groups is 2. The van der Waals surface area contributed by atoms with E-state index in [-0.39, 0.29) is 35.1 Å². The van der Waals surface area contributed by atoms with Crippen molar-refractivity contribution in [1.82, 2.24) is 9.97 Å². The van der Waals surface area contributed by atoms with E-state index < -0.39 is 11.9 Å². The van der Waals surface area contributed by atoms with Gasteiger partial charge < -0.3 is 5.11 Å². The molecule has 1 aromatic heterocycles. The van der Waals surface area contributed by atoms with Crippen molar-refractivity contribution in [3.63, 3.8) is 0 Å². The van der Waals surface area contributed by atoms with Gasteiger partial charge >= 0.3 is 5.97 Å². The monoisotopic (exact) mass is 353 g/mol. The van der Waals surface area contributed by atoms with E-state index in [4.69, 9.17) is 28.3 Å². The Morgan fingerprint density at radius 2 is 1.94 bits per heavy atom. The molecule has 0 radical (unpaired) electrons. The molecular weight excluding hydrogens is 349 g/mol. The van der Waals surface area contributed by atoms with Crippen LogP contribution in [0.1, 0.15) is 6.42 Å². The summed E-state index contributed by atoms with van der Waals surface area (Å²) in [5, 5.41) is 9.00. The first-order valence-electron chi connectivity index (χ1n) is 4.82. The van der Waals surface area contributed by atoms with Crippen molar-refractivity contribution in [2.75, 3.05) is 11.4 Å². The molecule has 1 amide bonds. The van der Waals surface area contributed by atoms with Crippen LogP contribution in [-0.2, 0) is 9.59 Å². The molecule has 1 fully saturated rings. The summed E-state index contributed by atoms with van der Waals surface area (Å²) in [6.45, 7) is 0.0163. The maximum Gasteiger partial charge on any atom is 0.308 e. The first-order chi connectivity index (χ1) is 8.40. The normalized spacial score (nSPS) is 19.4. The van der Waals surface area contributed by atoms with Gasteiger partial charge in [0.05, 0.1) is 10.4 Å². The van der Waals surface area contributed by atoms with Crippen LogP contribution in [0.15, 0.2) is 4.47 Å². The maximum absolute atomic E-state index is 11.7. The van der Waals surface area contributed by atoms with Gasteiger partial charge in [-0.15, -0.1) is 0 Å². The number of carboxylic acids is 1. The Morgan fingerprint density at radius 1 is 1.39 bits per heavy atom. The zero-order valence-electron chi connectivity index (χ0n) is 8.73. The van der Waals surface area contributed by atoms with Crippen LogP contribution in [0.2, 0.25) is 10.3 Å². The van der Waals surface area contributed by atoms with Gasteiger partial charge in [0.25, 0.3) is 0 Å². The zero-order valence-corrected chi connectivity index (χ0v) is 11.8. The molecule has 1 aliphatic rings. The Bertz CT molecular complexity index is 517. The summed E-state index contributed by atoms with van der Waals surface area (Å²) in [4.78, 5) is 31.5. The Morgan fingerprint density at radius 3 is 2.39 bits per heavy atom. The molecule has 18 heavy (non-hydrogen) atoms. The zero-order chi connectivity index (χ0) is 13.4. The standard InChI is InChI=1S/C9H6BrCl2N3O3/c10-5-6(11)13-9(14-7(5)12)15-2-3(8(17)18)1-4(15)16/h3H,1-2H2,(H,17,18). The molecule has 0 aromatic carbocycles. The number of aliphatic carboxylic acids is 1. The van der Waals surface area contributed by atoms with Crippen LogP contribution < -0.4 is 4.90 Å². The first-order valence-corrected chi connectivity index (χ1v) is 6.36. The highest BCUT2D eigenvalue weighted by Crippen LogP contribution is 2.31. The maximum atomic E-state index is 11.7. The van der Waals surface area contributed by atoms with Crippen molar-refractivity contribution >= 4 is 57.0 Å². The Labute approximate surface area is 120 Å². The quantitative estimate of drug-likeness (QED) is 0.821. The van der Waals surface area contributed by atoms with E-state index in [0.717, 1.165) is 0 Å². The van der Waals surface area contributed by atoms with Crippen LogP contribution in [0.3, 0.4) is 0 Å². The molecular formula is C9H6BrCl2N3O3. The fraction of sp³-hybridized carbons (Fsp3) is 0.333. The highest BCUT2D eigenvalue weighted by molar-refractivity contribution is 9.10. The fourth-order valence-corrected chi connectivity index (χ4v) is 2.13. The molecule has 1 unspecified atom stereocenters. The molecule has 1 N–H and O–H groups in total. The number of hydrogen-bond donors (Lipinski definition) is 1. The summed E-state index contributed by atoms with van der Waals surface area (Å²) in [5.41, 5.74) is 0. The summed E-state index contributed by atoms with van der Waals surface area (Å²) in [6.07, 6.45) is -0.0794. The predicted molar refractivity (Wildman–Crippen MR) is 67.8 cm³/mol. The Hall–Kier alpha value is -0.920. The van der Waals surface area contributed by atoms with Crippen LogP contribution in [0.5, 0.6) is 0 Å². The van der Waals surface area contributed by atoms with E-state index in [2.05, 4.69) is 25.9 Å². The van der Waals surface area contributed by atoms with Crippen LogP contribution in [0, 0.1) is 5.92 Å². The third kappa shape index (κ3) is 2.43. The summed E-state index contributed by atoms with van der Waals surface area (Å²) in [5.74, 6) is -2.14. The number of halogens is 3. The van der Waals surface area contributed by atoms with Crippen LogP contribution in [-0.4, -0.2) is 33.5 Å². The lowest BCUT2D eigenvalue weighted by Gasteiger charge is -2.14. The minimum Gasteiger partial charge on any atom is -0.481 e. The van der Waals surface area contributed by atoms with Crippen molar-refractivity contribution in [2.24, 2.45) is 5.92 Å². The predicted octanol–water partition coefficient (Wildman–Crippen LogP) is 1.98. The summed E-state index contributed by atoms with van der Waals surface area (Å²) in [6, 6.07) is 0. The van der Waals surface area contributed by atoms with Gasteiger partial charge in [-0.25, -0.2) is 0 Å². The molecule has 0 saturated carbocycles. The summed E-state index contributed by atoms with van der Waals surface area (Å²) in [7, 11) is 0. The number of amides is 1. The molecule has 2 heterocycles. The SMILES string of the molecule is O=C(O)C1CC(=O)N(c2nc(Cl)c(Br)c(Cl)n2)C1. The summed E-state index contributed by atoms with van der Waals surface area (Å²) >= 11 is 14.7. The van der Waals surface area contributed by atoms with E-state index in [1.165, 1.54) is 4.90 Å².